The molecule has 2 bridgehead atoms. The number of aryl methyl sites for hydroxylation is 1. The summed E-state index contributed by atoms with van der Waals surface area (Å²) in [5.41, 5.74) is 5.44. The zero-order valence-electron chi connectivity index (χ0n) is 30.0. The average Bonchev–Trinajstić information content (AvgIpc) is 3.85. The van der Waals surface area contributed by atoms with Gasteiger partial charge in [-0.3, -0.25) is 15.0 Å². The number of nitrogens with zero attached hydrogens (tertiary/aromatic N) is 1. The normalized spacial score (nSPS) is 23.0. The molecule has 8 nitrogen and oxygen atoms in total. The Bertz CT molecular complexity index is 1870. The molecular weight excluding hydrogens is 643 g/mol. The van der Waals surface area contributed by atoms with Crippen molar-refractivity contribution in [1.82, 2.24) is 4.90 Å². The maximum Gasteiger partial charge on any atom is 0.411 e. The first-order chi connectivity index (χ1) is 23.8. The van der Waals surface area contributed by atoms with Gasteiger partial charge in [0.05, 0.1) is 12.3 Å². The first kappa shape index (κ1) is 34.4. The van der Waals surface area contributed by atoms with Gasteiger partial charge < -0.3 is 19.2 Å². The van der Waals surface area contributed by atoms with Gasteiger partial charge in [0.25, 0.3) is 0 Å². The molecule has 0 aliphatic carbocycles. The SMILES string of the molecule is CN1[C@@H]2C[C@@H](OC(=O)Nc3cc(CCC(=O)Nc4ccc5cc(CO[Si](C)(C)C(C)(C)C)ccc5c4)ccc3-c3ccccc3)C[C@H]1[C@@H]1O[C@@H]12. The van der Waals surface area contributed by atoms with E-state index in [9.17, 15) is 9.59 Å². The molecule has 2 amide bonds. The Morgan fingerprint density at radius 1 is 0.860 bits per heavy atom. The number of likely N-dealkylation sites (N-methyl/N-ethyl adjacent to an activating group) is 1. The smallest absolute Gasteiger partial charge is 0.411 e. The van der Waals surface area contributed by atoms with Gasteiger partial charge in [-0.1, -0.05) is 81.4 Å². The monoisotopic (exact) mass is 691 g/mol. The zero-order chi connectivity index (χ0) is 35.2. The molecule has 4 aromatic rings. The Morgan fingerprint density at radius 3 is 2.26 bits per heavy atom. The molecule has 3 fully saturated rings. The van der Waals surface area contributed by atoms with Crippen LogP contribution in [0.1, 0.15) is 51.2 Å². The number of fused-ring (bicyclic) bond motifs is 6. The lowest BCUT2D eigenvalue weighted by molar-refractivity contribution is -0.116. The van der Waals surface area contributed by atoms with Gasteiger partial charge in [-0.2, -0.15) is 0 Å². The van der Waals surface area contributed by atoms with Crippen LogP contribution in [0.5, 0.6) is 0 Å². The third kappa shape index (κ3) is 7.37. The third-order valence-corrected chi connectivity index (χ3v) is 15.8. The van der Waals surface area contributed by atoms with Crippen molar-refractivity contribution in [3.63, 3.8) is 0 Å². The number of morpholine rings is 1. The van der Waals surface area contributed by atoms with Crippen molar-refractivity contribution < 1.29 is 23.5 Å². The van der Waals surface area contributed by atoms with Gasteiger partial charge in [0.15, 0.2) is 8.32 Å². The van der Waals surface area contributed by atoms with Gasteiger partial charge in [0.2, 0.25) is 5.91 Å². The number of anilines is 2. The fraction of sp³-hybridized carbons (Fsp3) is 0.415. The number of hydrogen-bond donors (Lipinski definition) is 2. The minimum Gasteiger partial charge on any atom is -0.446 e. The van der Waals surface area contributed by atoms with Crippen molar-refractivity contribution in [1.29, 1.82) is 0 Å². The molecule has 9 heteroatoms. The van der Waals surface area contributed by atoms with E-state index in [1.165, 1.54) is 0 Å². The number of epoxide rings is 1. The number of nitrogens with one attached hydrogen (secondary N) is 2. The van der Waals surface area contributed by atoms with Gasteiger partial charge >= 0.3 is 6.09 Å². The lowest BCUT2D eigenvalue weighted by Gasteiger charge is -2.37. The van der Waals surface area contributed by atoms with Crippen molar-refractivity contribution in [2.75, 3.05) is 17.7 Å². The van der Waals surface area contributed by atoms with Gasteiger partial charge in [0, 0.05) is 42.6 Å². The molecule has 50 heavy (non-hydrogen) atoms. The second-order valence-corrected chi connectivity index (χ2v) is 20.5. The Hall–Kier alpha value is -4.02. The molecular formula is C41H49N3O5Si. The maximum absolute atomic E-state index is 13.2. The number of carbonyl (C=O) groups excluding carboxylic acids is 2. The maximum atomic E-state index is 13.2. The van der Waals surface area contributed by atoms with E-state index < -0.39 is 14.4 Å². The van der Waals surface area contributed by atoms with Crippen molar-refractivity contribution >= 4 is 42.5 Å². The van der Waals surface area contributed by atoms with E-state index in [1.807, 2.05) is 66.7 Å². The Balaban J connectivity index is 0.972. The number of piperidine rings is 1. The highest BCUT2D eigenvalue weighted by molar-refractivity contribution is 6.74. The molecule has 0 unspecified atom stereocenters. The molecule has 3 heterocycles. The topological polar surface area (TPSA) is 92.4 Å². The van der Waals surface area contributed by atoms with Crippen LogP contribution in [-0.2, 0) is 31.7 Å². The molecule has 0 radical (unpaired) electrons. The van der Waals surface area contributed by atoms with Crippen LogP contribution in [-0.4, -0.2) is 62.7 Å². The largest absolute Gasteiger partial charge is 0.446 e. The van der Waals surface area contributed by atoms with Crippen molar-refractivity contribution in [3.05, 3.63) is 96.1 Å². The summed E-state index contributed by atoms with van der Waals surface area (Å²) >= 11 is 0. The number of ether oxygens (including phenoxy) is 2. The lowest BCUT2D eigenvalue weighted by atomic mass is 9.99. The lowest BCUT2D eigenvalue weighted by Crippen LogP contribution is -2.48. The second kappa shape index (κ2) is 13.6. The number of benzene rings is 4. The molecule has 3 aliphatic heterocycles. The number of rotatable bonds is 10. The summed E-state index contributed by atoms with van der Waals surface area (Å²) in [6.07, 6.45) is 2.38. The van der Waals surface area contributed by atoms with E-state index in [-0.39, 0.29) is 29.3 Å². The number of hydrogen-bond acceptors (Lipinski definition) is 6. The summed E-state index contributed by atoms with van der Waals surface area (Å²) in [7, 11) is 0.308. The predicted octanol–water partition coefficient (Wildman–Crippen LogP) is 8.76. The van der Waals surface area contributed by atoms with Crippen LogP contribution >= 0.6 is 0 Å². The first-order valence-electron chi connectivity index (χ1n) is 17.8. The van der Waals surface area contributed by atoms with Crippen LogP contribution in [0.4, 0.5) is 16.2 Å². The van der Waals surface area contributed by atoms with Gasteiger partial charge in [-0.25, -0.2) is 4.79 Å². The summed E-state index contributed by atoms with van der Waals surface area (Å²) in [5.74, 6) is -0.0660. The van der Waals surface area contributed by atoms with Crippen LogP contribution in [0.15, 0.2) is 84.9 Å². The molecule has 4 aromatic carbocycles. The summed E-state index contributed by atoms with van der Waals surface area (Å²) in [6, 6.07) is 29.0. The van der Waals surface area contributed by atoms with Gasteiger partial charge in [-0.15, -0.1) is 0 Å². The highest BCUT2D eigenvalue weighted by atomic mass is 28.4. The Kier molecular flexibility index (Phi) is 9.36. The minimum absolute atomic E-state index is 0.0660. The number of amides is 2. The first-order valence-corrected chi connectivity index (χ1v) is 20.8. The highest BCUT2D eigenvalue weighted by Crippen LogP contribution is 2.48. The van der Waals surface area contributed by atoms with Crippen molar-refractivity contribution in [2.24, 2.45) is 0 Å². The van der Waals surface area contributed by atoms with E-state index in [0.29, 0.717) is 37.2 Å². The number of carbonyl (C=O) groups is 2. The molecule has 3 aliphatic rings. The fourth-order valence-electron chi connectivity index (χ4n) is 7.23. The fourth-order valence-corrected chi connectivity index (χ4v) is 8.19. The molecule has 3 saturated heterocycles. The second-order valence-electron chi connectivity index (χ2n) is 15.7. The summed E-state index contributed by atoms with van der Waals surface area (Å²) in [4.78, 5) is 28.7. The van der Waals surface area contributed by atoms with E-state index in [4.69, 9.17) is 13.9 Å². The van der Waals surface area contributed by atoms with E-state index >= 15 is 0 Å². The third-order valence-electron chi connectivity index (χ3n) is 11.3. The van der Waals surface area contributed by atoms with Crippen LogP contribution in [0, 0.1) is 0 Å². The van der Waals surface area contributed by atoms with Gasteiger partial charge in [0.1, 0.15) is 18.3 Å². The van der Waals surface area contributed by atoms with Crippen LogP contribution in [0.3, 0.4) is 0 Å². The van der Waals surface area contributed by atoms with Gasteiger partial charge in [-0.05, 0) is 83.3 Å². The molecule has 0 aromatic heterocycles. The molecule has 2 N–H and O–H groups in total. The quantitative estimate of drug-likeness (QED) is 0.128. The standard InChI is InChI=1S/C41H49N3O5Si/c1-41(2,3)50(5,6)47-25-27-12-15-30-22-31(17-16-29(30)20-27)42-37(45)19-14-26-13-18-33(28-10-8-7-9-11-28)34(21-26)43-40(46)48-32-23-35-38-39(49-38)36(24-32)44(35)4/h7-13,15-18,20-22,32,35-36,38-39H,14,19,23-25H2,1-6H3,(H,42,45)(H,43,46)/t32-,35-,36+,38-,39+. The van der Waals surface area contributed by atoms with Crippen LogP contribution in [0.25, 0.3) is 21.9 Å². The van der Waals surface area contributed by atoms with Crippen molar-refractivity contribution in [3.8, 4) is 11.1 Å². The summed E-state index contributed by atoms with van der Waals surface area (Å²) < 4.78 is 18.2. The summed E-state index contributed by atoms with van der Waals surface area (Å²) in [5, 5.41) is 8.46. The van der Waals surface area contributed by atoms with E-state index in [1.54, 1.807) is 0 Å². The zero-order valence-corrected chi connectivity index (χ0v) is 31.0. The Labute approximate surface area is 296 Å². The summed E-state index contributed by atoms with van der Waals surface area (Å²) in [6.45, 7) is 11.9. The van der Waals surface area contributed by atoms with E-state index in [0.717, 1.165) is 51.6 Å². The molecule has 7 rings (SSSR count). The van der Waals surface area contributed by atoms with E-state index in [2.05, 4.69) is 74.6 Å². The van der Waals surface area contributed by atoms with Crippen molar-refractivity contribution in [2.45, 2.75) is 102 Å². The molecule has 0 spiro atoms. The minimum atomic E-state index is -1.83. The van der Waals surface area contributed by atoms with Crippen LogP contribution < -0.4 is 10.6 Å². The molecule has 5 atom stereocenters. The molecule has 262 valence electrons. The molecule has 0 saturated carbocycles. The van der Waals surface area contributed by atoms with Crippen LogP contribution in [0.2, 0.25) is 18.1 Å². The highest BCUT2D eigenvalue weighted by Gasteiger charge is 2.62. The average molecular weight is 692 g/mol. The predicted molar refractivity (Wildman–Crippen MR) is 202 cm³/mol. The Morgan fingerprint density at radius 2 is 1.54 bits per heavy atom.